The number of carbonyl (C=O) groups is 2. The van der Waals surface area contributed by atoms with Crippen molar-refractivity contribution in [2.75, 3.05) is 13.7 Å². The van der Waals surface area contributed by atoms with Crippen molar-refractivity contribution in [3.05, 3.63) is 65.1 Å². The van der Waals surface area contributed by atoms with Gasteiger partial charge in [0.15, 0.2) is 0 Å². The topological polar surface area (TPSA) is 117 Å². The van der Waals surface area contributed by atoms with Gasteiger partial charge < -0.3 is 24.5 Å². The number of unbranched alkanes of at least 4 members (excludes halogenated alkanes) is 3. The second-order valence-corrected chi connectivity index (χ2v) is 9.28. The van der Waals surface area contributed by atoms with Crippen molar-refractivity contribution >= 4 is 28.5 Å². The molecular formula is C27H32N4O6. The molecule has 0 saturated carbocycles. The second-order valence-electron chi connectivity index (χ2n) is 9.28. The zero-order valence-electron chi connectivity index (χ0n) is 21.1. The normalized spacial score (nSPS) is 18.1. The molecule has 0 bridgehead atoms. The molecule has 1 aliphatic heterocycles. The van der Waals surface area contributed by atoms with E-state index in [2.05, 4.69) is 11.9 Å². The molecule has 1 amide bonds. The van der Waals surface area contributed by atoms with E-state index in [4.69, 9.17) is 9.47 Å². The van der Waals surface area contributed by atoms with Gasteiger partial charge in [0.2, 0.25) is 12.2 Å². The molecule has 0 radical (unpaired) electrons. The first kappa shape index (κ1) is 26.1. The number of likely N-dealkylation sites (tertiary alicyclic amines) is 1. The van der Waals surface area contributed by atoms with Crippen molar-refractivity contribution in [2.24, 2.45) is 0 Å². The highest BCUT2D eigenvalue weighted by atomic mass is 16.6. The molecular weight excluding hydrogens is 476 g/mol. The molecule has 1 saturated heterocycles. The number of hydrogen-bond acceptors (Lipinski definition) is 7. The molecule has 10 heteroatoms. The monoisotopic (exact) mass is 508 g/mol. The molecule has 10 nitrogen and oxygen atoms in total. The molecule has 37 heavy (non-hydrogen) atoms. The van der Waals surface area contributed by atoms with Crippen LogP contribution >= 0.6 is 0 Å². The molecule has 0 spiro atoms. The number of esters is 1. The van der Waals surface area contributed by atoms with E-state index in [0.717, 1.165) is 36.5 Å². The van der Waals surface area contributed by atoms with E-state index in [1.807, 2.05) is 42.5 Å². The van der Waals surface area contributed by atoms with Crippen LogP contribution in [0.2, 0.25) is 0 Å². The molecule has 0 unspecified atom stereocenters. The maximum absolute atomic E-state index is 13.9. The number of hydrogen-bond donors (Lipinski definition) is 0. The quantitative estimate of drug-likeness (QED) is 0.160. The number of amides is 1. The van der Waals surface area contributed by atoms with Crippen molar-refractivity contribution in [2.45, 2.75) is 63.6 Å². The summed E-state index contributed by atoms with van der Waals surface area (Å²) in [7, 11) is 1.30. The summed E-state index contributed by atoms with van der Waals surface area (Å²) in [6, 6.07) is 12.1. The molecule has 0 aliphatic carbocycles. The fraction of sp³-hybridized carbons (Fsp3) is 0.444. The number of carbonyl (C=O) groups excluding carboxylic acids is 2. The summed E-state index contributed by atoms with van der Waals surface area (Å²) in [6.45, 7) is 2.30. The number of fused-ring (bicyclic) bond motifs is 1. The van der Waals surface area contributed by atoms with Gasteiger partial charge in [-0.05, 0) is 27.8 Å². The van der Waals surface area contributed by atoms with E-state index in [0.29, 0.717) is 12.2 Å². The van der Waals surface area contributed by atoms with Crippen LogP contribution in [0.1, 0.15) is 51.5 Å². The minimum Gasteiger partial charge on any atom is -0.488 e. The van der Waals surface area contributed by atoms with Crippen LogP contribution in [0, 0.1) is 10.1 Å². The van der Waals surface area contributed by atoms with E-state index < -0.39 is 29.1 Å². The summed E-state index contributed by atoms with van der Waals surface area (Å²) >= 11 is 0. The second kappa shape index (κ2) is 11.9. The molecule has 3 atom stereocenters. The lowest BCUT2D eigenvalue weighted by Crippen LogP contribution is -2.44. The molecule has 0 N–H and O–H groups in total. The Bertz CT molecular complexity index is 1250. The van der Waals surface area contributed by atoms with E-state index >= 15 is 0 Å². The van der Waals surface area contributed by atoms with Crippen LogP contribution < -0.4 is 4.74 Å². The smallest absolute Gasteiger partial charge is 0.381 e. The molecule has 2 aromatic carbocycles. The zero-order chi connectivity index (χ0) is 26.4. The summed E-state index contributed by atoms with van der Waals surface area (Å²) < 4.78 is 12.8. The van der Waals surface area contributed by atoms with Gasteiger partial charge in [-0.25, -0.2) is 4.79 Å². The molecule has 4 rings (SSSR count). The van der Waals surface area contributed by atoms with Crippen LogP contribution in [0.3, 0.4) is 0 Å². The van der Waals surface area contributed by atoms with Crippen molar-refractivity contribution in [3.63, 3.8) is 0 Å². The van der Waals surface area contributed by atoms with Crippen LogP contribution in [0.4, 0.5) is 5.82 Å². The number of methoxy groups -OCH3 is 1. The van der Waals surface area contributed by atoms with E-state index in [-0.39, 0.29) is 24.7 Å². The van der Waals surface area contributed by atoms with Gasteiger partial charge in [-0.2, -0.15) is 0 Å². The maximum Gasteiger partial charge on any atom is 0.381 e. The first-order chi connectivity index (χ1) is 17.9. The summed E-state index contributed by atoms with van der Waals surface area (Å²) in [5.41, 5.74) is 0. The number of aromatic nitrogens is 2. The SMILES string of the molecule is CCCCCC[C@H](C(=O)N1C[C@@H](Oc2cccc3ccccc23)C[C@H]1C(=O)OC)n1cnc([N+](=O)[O-])c1. The van der Waals surface area contributed by atoms with Gasteiger partial charge in [0, 0.05) is 11.8 Å². The summed E-state index contributed by atoms with van der Waals surface area (Å²) in [5, 5.41) is 13.2. The van der Waals surface area contributed by atoms with Crippen molar-refractivity contribution in [1.29, 1.82) is 0 Å². The minimum absolute atomic E-state index is 0.198. The fourth-order valence-electron chi connectivity index (χ4n) is 4.91. The average Bonchev–Trinajstić information content (AvgIpc) is 3.56. The predicted molar refractivity (Wildman–Crippen MR) is 137 cm³/mol. The number of imidazole rings is 1. The van der Waals surface area contributed by atoms with Crippen molar-refractivity contribution < 1.29 is 24.0 Å². The maximum atomic E-state index is 13.9. The van der Waals surface area contributed by atoms with Gasteiger partial charge in [0.25, 0.3) is 0 Å². The Balaban J connectivity index is 1.58. The molecule has 1 aromatic heterocycles. The van der Waals surface area contributed by atoms with Crippen LogP contribution in [-0.4, -0.2) is 57.1 Å². The van der Waals surface area contributed by atoms with Gasteiger partial charge in [-0.1, -0.05) is 69.0 Å². The highest BCUT2D eigenvalue weighted by Gasteiger charge is 2.44. The summed E-state index contributed by atoms with van der Waals surface area (Å²) in [4.78, 5) is 42.5. The first-order valence-corrected chi connectivity index (χ1v) is 12.6. The fourth-order valence-corrected chi connectivity index (χ4v) is 4.91. The Morgan fingerprint density at radius 1 is 1.16 bits per heavy atom. The number of nitro groups is 1. The lowest BCUT2D eigenvalue weighted by Gasteiger charge is -2.27. The van der Waals surface area contributed by atoms with Crippen LogP contribution in [0.25, 0.3) is 10.8 Å². The molecule has 2 heterocycles. The van der Waals surface area contributed by atoms with E-state index in [1.54, 1.807) is 0 Å². The van der Waals surface area contributed by atoms with Crippen LogP contribution in [0.5, 0.6) is 5.75 Å². The molecule has 1 aliphatic rings. The molecule has 196 valence electrons. The lowest BCUT2D eigenvalue weighted by atomic mass is 10.1. The highest BCUT2D eigenvalue weighted by Crippen LogP contribution is 2.32. The first-order valence-electron chi connectivity index (χ1n) is 12.6. The van der Waals surface area contributed by atoms with Crippen molar-refractivity contribution in [1.82, 2.24) is 14.5 Å². The van der Waals surface area contributed by atoms with Gasteiger partial charge in [-0.3, -0.25) is 9.36 Å². The Labute approximate surface area is 215 Å². The molecule has 1 fully saturated rings. The van der Waals surface area contributed by atoms with Gasteiger partial charge >= 0.3 is 11.8 Å². The third kappa shape index (κ3) is 5.90. The summed E-state index contributed by atoms with van der Waals surface area (Å²) in [5.74, 6) is -0.459. The Morgan fingerprint density at radius 3 is 2.68 bits per heavy atom. The van der Waals surface area contributed by atoms with Crippen LogP contribution in [0.15, 0.2) is 55.0 Å². The minimum atomic E-state index is -0.811. The van der Waals surface area contributed by atoms with Gasteiger partial charge in [-0.15, -0.1) is 0 Å². The van der Waals surface area contributed by atoms with Crippen LogP contribution in [-0.2, 0) is 14.3 Å². The van der Waals surface area contributed by atoms with Gasteiger partial charge in [0.1, 0.15) is 30.1 Å². The number of benzene rings is 2. The Morgan fingerprint density at radius 2 is 1.95 bits per heavy atom. The van der Waals surface area contributed by atoms with E-state index in [9.17, 15) is 19.7 Å². The number of ether oxygens (including phenoxy) is 2. The predicted octanol–water partition coefficient (Wildman–Crippen LogP) is 4.68. The van der Waals surface area contributed by atoms with Crippen molar-refractivity contribution in [3.8, 4) is 5.75 Å². The molecule has 3 aromatic rings. The highest BCUT2D eigenvalue weighted by molar-refractivity contribution is 5.89. The lowest BCUT2D eigenvalue weighted by molar-refractivity contribution is -0.389. The third-order valence-electron chi connectivity index (χ3n) is 6.81. The zero-order valence-corrected chi connectivity index (χ0v) is 21.1. The standard InChI is InChI=1S/C27H32N4O6/c1-3-4-5-6-13-22(29-17-25(28-18-29)31(34)35)26(32)30-16-20(15-23(30)27(33)36-2)37-24-14-9-11-19-10-7-8-12-21(19)24/h7-12,14,17-18,20,22-23H,3-6,13,15-16H2,1-2H3/t20-,22+,23-/m0/s1. The van der Waals surface area contributed by atoms with Gasteiger partial charge in [0.05, 0.1) is 13.7 Å². The number of rotatable bonds is 11. The average molecular weight is 509 g/mol. The number of nitrogens with zero attached hydrogens (tertiary/aromatic N) is 4. The Hall–Kier alpha value is -3.95. The Kier molecular flexibility index (Phi) is 8.37. The van der Waals surface area contributed by atoms with E-state index in [1.165, 1.54) is 29.1 Å². The summed E-state index contributed by atoms with van der Waals surface area (Å²) in [6.07, 6.45) is 6.70. The third-order valence-corrected chi connectivity index (χ3v) is 6.81. The largest absolute Gasteiger partial charge is 0.488 e.